The molecule has 23 heavy (non-hydrogen) atoms. The first-order valence-corrected chi connectivity index (χ1v) is 11.8. The third kappa shape index (κ3) is 3.09. The van der Waals surface area contributed by atoms with E-state index in [-0.39, 0.29) is 0 Å². The average molecular weight is 423 g/mol. The van der Waals surface area contributed by atoms with E-state index in [9.17, 15) is 16.2 Å². The van der Waals surface area contributed by atoms with Crippen LogP contribution in [0, 0.1) is 17.5 Å². The molecule has 0 N–H and O–H groups in total. The Morgan fingerprint density at radius 3 is 0.913 bits per heavy atom. The molecule has 3 aromatic rings. The van der Waals surface area contributed by atoms with E-state index in [1.165, 1.54) is 72.8 Å². The summed E-state index contributed by atoms with van der Waals surface area (Å²) in [6.45, 7) is 0. The fraction of sp³-hybridized carbons (Fsp3) is 0. The normalized spacial score (nSPS) is 11.4. The second-order valence-electron chi connectivity index (χ2n) is 5.04. The Kier molecular flexibility index (Phi) is 4.36. The summed E-state index contributed by atoms with van der Waals surface area (Å²) < 4.78 is 55.0. The zero-order valence-electron chi connectivity index (χ0n) is 11.9. The van der Waals surface area contributed by atoms with Crippen LogP contribution in [0.4, 0.5) is 13.2 Å². The monoisotopic (exact) mass is 422 g/mol. The number of hydrogen-bond donors (Lipinski definition) is 0. The molecule has 0 amide bonds. The summed E-state index contributed by atoms with van der Waals surface area (Å²) in [5.41, 5.74) is 0. The zero-order chi connectivity index (χ0) is 16.4. The van der Waals surface area contributed by atoms with Gasteiger partial charge in [-0.3, -0.25) is 0 Å². The van der Waals surface area contributed by atoms with E-state index < -0.39 is 36.2 Å². The van der Waals surface area contributed by atoms with Crippen LogP contribution in [-0.2, 0) is 3.02 Å². The Morgan fingerprint density at radius 1 is 0.478 bits per heavy atom. The van der Waals surface area contributed by atoms with Crippen molar-refractivity contribution >= 4 is 29.3 Å². The van der Waals surface area contributed by atoms with E-state index in [0.29, 0.717) is 10.5 Å². The Labute approximate surface area is 135 Å². The molecule has 0 heterocycles. The van der Waals surface area contributed by atoms with Gasteiger partial charge in [-0.15, -0.1) is 0 Å². The summed E-state index contributed by atoms with van der Waals surface area (Å²) in [6, 6.07) is 16.3. The van der Waals surface area contributed by atoms with E-state index >= 15 is 0 Å². The standard InChI is InChI=1S/3C6H4F.O.Sb/c3*7-6-4-2-1-3-5-6;;/h3*2-5H;;. The van der Waals surface area contributed by atoms with Gasteiger partial charge in [-0.05, 0) is 0 Å². The predicted octanol–water partition coefficient (Wildman–Crippen LogP) is 2.50. The van der Waals surface area contributed by atoms with E-state index in [2.05, 4.69) is 0 Å². The molecule has 0 aliphatic carbocycles. The molecule has 0 aromatic heterocycles. The van der Waals surface area contributed by atoms with E-state index in [1.54, 1.807) is 0 Å². The van der Waals surface area contributed by atoms with Crippen molar-refractivity contribution in [1.29, 1.82) is 0 Å². The first-order chi connectivity index (χ1) is 11.0. The maximum absolute atomic E-state index is 13.9. The number of halogens is 3. The fourth-order valence-corrected chi connectivity index (χ4v) is 9.82. The summed E-state index contributed by atoms with van der Waals surface area (Å²) in [6.07, 6.45) is 0. The summed E-state index contributed by atoms with van der Waals surface area (Å²) in [7, 11) is 0. The van der Waals surface area contributed by atoms with Crippen LogP contribution in [0.15, 0.2) is 72.8 Å². The van der Waals surface area contributed by atoms with Crippen LogP contribution >= 0.6 is 0 Å². The molecule has 0 spiro atoms. The number of hydrogen-bond acceptors (Lipinski definition) is 1. The SMILES string of the molecule is [O]=[Sb]([c]1ccc(F)cc1)([c]1ccc(F)cc1)[c]1ccc(F)cc1. The van der Waals surface area contributed by atoms with Gasteiger partial charge in [-0.1, -0.05) is 0 Å². The van der Waals surface area contributed by atoms with Gasteiger partial charge >= 0.3 is 136 Å². The molecule has 0 aliphatic rings. The predicted molar refractivity (Wildman–Crippen MR) is 84.5 cm³/mol. The maximum atomic E-state index is 13.9. The topological polar surface area (TPSA) is 17.1 Å². The van der Waals surface area contributed by atoms with Crippen molar-refractivity contribution in [3.63, 3.8) is 0 Å². The second kappa shape index (κ2) is 6.29. The van der Waals surface area contributed by atoms with Crippen LogP contribution in [0.25, 0.3) is 0 Å². The van der Waals surface area contributed by atoms with Gasteiger partial charge in [0.15, 0.2) is 0 Å². The van der Waals surface area contributed by atoms with Crippen molar-refractivity contribution in [2.45, 2.75) is 0 Å². The summed E-state index contributed by atoms with van der Waals surface area (Å²) >= 11 is -4.49. The molecule has 0 atom stereocenters. The Balaban J connectivity index is 2.24. The first-order valence-electron chi connectivity index (χ1n) is 6.88. The van der Waals surface area contributed by atoms with E-state index in [0.717, 1.165) is 0 Å². The van der Waals surface area contributed by atoms with Gasteiger partial charge in [-0.2, -0.15) is 0 Å². The third-order valence-electron chi connectivity index (χ3n) is 3.57. The Hall–Kier alpha value is -1.93. The van der Waals surface area contributed by atoms with Gasteiger partial charge in [0, 0.05) is 0 Å². The molecule has 1 nitrogen and oxygen atoms in total. The van der Waals surface area contributed by atoms with Crippen LogP contribution in [0.5, 0.6) is 0 Å². The quantitative estimate of drug-likeness (QED) is 0.593. The summed E-state index contributed by atoms with van der Waals surface area (Å²) in [5, 5.41) is 0. The molecule has 0 radical (unpaired) electrons. The van der Waals surface area contributed by atoms with Crippen molar-refractivity contribution in [2.24, 2.45) is 0 Å². The van der Waals surface area contributed by atoms with Crippen LogP contribution in [0.2, 0.25) is 0 Å². The number of rotatable bonds is 3. The van der Waals surface area contributed by atoms with E-state index in [4.69, 9.17) is 0 Å². The third-order valence-corrected chi connectivity index (χ3v) is 12.4. The average Bonchev–Trinajstić information content (AvgIpc) is 2.56. The van der Waals surface area contributed by atoms with Crippen molar-refractivity contribution in [3.8, 4) is 0 Å². The van der Waals surface area contributed by atoms with Crippen LogP contribution in [0.1, 0.15) is 0 Å². The molecule has 0 saturated heterocycles. The summed E-state index contributed by atoms with van der Waals surface area (Å²) in [5.74, 6) is -1.29. The molecular formula is C18H12F3OSb. The van der Waals surface area contributed by atoms with Gasteiger partial charge in [0.2, 0.25) is 0 Å². The molecule has 5 heteroatoms. The van der Waals surface area contributed by atoms with Crippen LogP contribution in [-0.4, -0.2) is 18.8 Å². The van der Waals surface area contributed by atoms with Crippen LogP contribution in [0.3, 0.4) is 0 Å². The van der Waals surface area contributed by atoms with Crippen molar-refractivity contribution < 1.29 is 16.2 Å². The molecule has 0 aliphatic heterocycles. The minimum atomic E-state index is -4.49. The minimum absolute atomic E-state index is 0.432. The molecule has 0 bridgehead atoms. The molecule has 3 aromatic carbocycles. The molecular weight excluding hydrogens is 411 g/mol. The summed E-state index contributed by atoms with van der Waals surface area (Å²) in [4.78, 5) is 0. The number of benzene rings is 3. The van der Waals surface area contributed by atoms with Crippen molar-refractivity contribution in [2.75, 3.05) is 0 Å². The molecule has 116 valence electrons. The van der Waals surface area contributed by atoms with Crippen molar-refractivity contribution in [1.82, 2.24) is 0 Å². The molecule has 0 fully saturated rings. The van der Waals surface area contributed by atoms with Gasteiger partial charge < -0.3 is 0 Å². The second-order valence-corrected chi connectivity index (χ2v) is 12.9. The van der Waals surface area contributed by atoms with Gasteiger partial charge in [0.25, 0.3) is 0 Å². The van der Waals surface area contributed by atoms with E-state index in [1.807, 2.05) is 0 Å². The molecule has 0 unspecified atom stereocenters. The zero-order valence-corrected chi connectivity index (χ0v) is 14.5. The molecule has 0 saturated carbocycles. The van der Waals surface area contributed by atoms with Gasteiger partial charge in [-0.25, -0.2) is 0 Å². The van der Waals surface area contributed by atoms with Crippen LogP contribution < -0.4 is 10.5 Å². The Bertz CT molecular complexity index is 739. The van der Waals surface area contributed by atoms with Crippen molar-refractivity contribution in [3.05, 3.63) is 90.2 Å². The van der Waals surface area contributed by atoms with Gasteiger partial charge in [0.05, 0.1) is 0 Å². The first kappa shape index (κ1) is 15.9. The molecule has 3 rings (SSSR count). The fourth-order valence-electron chi connectivity index (χ4n) is 2.40. The van der Waals surface area contributed by atoms with Gasteiger partial charge in [0.1, 0.15) is 0 Å². The Morgan fingerprint density at radius 2 is 0.696 bits per heavy atom.